The van der Waals surface area contributed by atoms with Crippen LogP contribution >= 0.6 is 0 Å². The summed E-state index contributed by atoms with van der Waals surface area (Å²) in [6, 6.07) is 0. The topological polar surface area (TPSA) is 96.0 Å². The molecule has 11 heteroatoms. The van der Waals surface area contributed by atoms with E-state index in [0.717, 1.165) is 6.08 Å². The lowest BCUT2D eigenvalue weighted by Crippen LogP contribution is -2.52. The molecule has 24 heavy (non-hydrogen) atoms. The molecule has 5 atom stereocenters. The summed E-state index contributed by atoms with van der Waals surface area (Å²) in [6.07, 6.45) is -5.90. The van der Waals surface area contributed by atoms with E-state index >= 15 is 0 Å². The molecule has 5 unspecified atom stereocenters. The van der Waals surface area contributed by atoms with Gasteiger partial charge in [0, 0.05) is 17.9 Å². The normalized spacial score (nSPS) is 38.8. The second-order valence-corrected chi connectivity index (χ2v) is 7.70. The number of ether oxygens (including phenoxy) is 2. The van der Waals surface area contributed by atoms with Gasteiger partial charge < -0.3 is 9.47 Å². The molecule has 1 heterocycles. The van der Waals surface area contributed by atoms with Gasteiger partial charge in [-0.15, -0.1) is 0 Å². The number of halogens is 3. The molecule has 2 bridgehead atoms. The summed E-state index contributed by atoms with van der Waals surface area (Å²) in [5.74, 6) is -4.01. The van der Waals surface area contributed by atoms with E-state index in [4.69, 9.17) is 4.74 Å². The zero-order chi connectivity index (χ0) is 17.9. The summed E-state index contributed by atoms with van der Waals surface area (Å²) in [5, 5.41) is -1.56. The fraction of sp³-hybridized carbons (Fsp3) is 0.692. The number of esters is 2. The molecule has 0 aromatic heterocycles. The van der Waals surface area contributed by atoms with Crippen molar-refractivity contribution >= 4 is 22.1 Å². The van der Waals surface area contributed by atoms with Gasteiger partial charge in [0.05, 0.1) is 0 Å². The summed E-state index contributed by atoms with van der Waals surface area (Å²) in [4.78, 5) is 22.5. The Balaban J connectivity index is 1.77. The largest absolute Gasteiger partial charge is 0.458 e. The standard InChI is InChI=1S/C13H13F3O7S/c1-2-8(17)21-5-9(18)22-10-6-3-7-11(10)24(19,20)23-12(7,4-6)13(14,15)16/h2,6-7,10-11H,1,3-5H2. The van der Waals surface area contributed by atoms with Crippen molar-refractivity contribution in [2.75, 3.05) is 6.61 Å². The predicted octanol–water partition coefficient (Wildman–Crippen LogP) is 0.697. The third-order valence-corrected chi connectivity index (χ3v) is 6.54. The summed E-state index contributed by atoms with van der Waals surface area (Å²) in [5.41, 5.74) is -2.72. The van der Waals surface area contributed by atoms with Gasteiger partial charge in [0.15, 0.2) is 12.2 Å². The lowest BCUT2D eigenvalue weighted by Gasteiger charge is -2.33. The van der Waals surface area contributed by atoms with E-state index in [-0.39, 0.29) is 6.42 Å². The highest BCUT2D eigenvalue weighted by atomic mass is 32.2. The average Bonchev–Trinajstić information content (AvgIpc) is 3.03. The van der Waals surface area contributed by atoms with Gasteiger partial charge in [0.1, 0.15) is 11.4 Å². The number of carbonyl (C=O) groups excluding carboxylic acids is 2. The number of alkyl halides is 3. The van der Waals surface area contributed by atoms with Crippen LogP contribution < -0.4 is 0 Å². The van der Waals surface area contributed by atoms with Crippen molar-refractivity contribution in [3.8, 4) is 0 Å². The Kier molecular flexibility index (Phi) is 3.72. The number of rotatable bonds is 4. The van der Waals surface area contributed by atoms with E-state index in [1.165, 1.54) is 0 Å². The molecule has 0 aromatic carbocycles. The zero-order valence-corrected chi connectivity index (χ0v) is 12.9. The van der Waals surface area contributed by atoms with Crippen LogP contribution in [0.2, 0.25) is 0 Å². The van der Waals surface area contributed by atoms with Gasteiger partial charge in [0.25, 0.3) is 10.1 Å². The van der Waals surface area contributed by atoms with Crippen LogP contribution in [0, 0.1) is 11.8 Å². The molecule has 0 radical (unpaired) electrons. The van der Waals surface area contributed by atoms with E-state index in [1.807, 2.05) is 0 Å². The lowest BCUT2D eigenvalue weighted by atomic mass is 9.82. The molecular formula is C13H13F3O7S. The Bertz CT molecular complexity index is 701. The van der Waals surface area contributed by atoms with Gasteiger partial charge in [-0.05, 0) is 12.8 Å². The fourth-order valence-electron chi connectivity index (χ4n) is 3.92. The minimum absolute atomic E-state index is 0.0617. The summed E-state index contributed by atoms with van der Waals surface area (Å²) in [7, 11) is -4.52. The smallest absolute Gasteiger partial charge is 0.419 e. The monoisotopic (exact) mass is 370 g/mol. The Labute approximate surface area is 134 Å². The van der Waals surface area contributed by atoms with Crippen LogP contribution in [0.5, 0.6) is 0 Å². The second kappa shape index (κ2) is 5.19. The van der Waals surface area contributed by atoms with Crippen molar-refractivity contribution in [3.63, 3.8) is 0 Å². The van der Waals surface area contributed by atoms with Crippen LogP contribution in [-0.2, 0) is 33.4 Å². The third-order valence-electron chi connectivity index (χ3n) is 4.75. The molecule has 2 saturated carbocycles. The molecule has 134 valence electrons. The van der Waals surface area contributed by atoms with E-state index in [2.05, 4.69) is 15.5 Å². The maximum Gasteiger partial charge on any atom is 0.419 e. The van der Waals surface area contributed by atoms with Crippen molar-refractivity contribution in [2.45, 2.75) is 36.0 Å². The van der Waals surface area contributed by atoms with Crippen LogP contribution in [0.1, 0.15) is 12.8 Å². The van der Waals surface area contributed by atoms with Crippen LogP contribution in [-0.4, -0.2) is 50.1 Å². The quantitative estimate of drug-likeness (QED) is 0.408. The molecule has 3 fully saturated rings. The summed E-state index contributed by atoms with van der Waals surface area (Å²) < 4.78 is 77.9. The van der Waals surface area contributed by atoms with Crippen molar-refractivity contribution in [3.05, 3.63) is 12.7 Å². The molecule has 0 amide bonds. The first kappa shape index (κ1) is 17.2. The van der Waals surface area contributed by atoms with Crippen molar-refractivity contribution in [2.24, 2.45) is 11.8 Å². The van der Waals surface area contributed by atoms with Crippen LogP contribution in [0.25, 0.3) is 0 Å². The molecule has 0 aromatic rings. The minimum Gasteiger partial charge on any atom is -0.458 e. The molecule has 7 nitrogen and oxygen atoms in total. The second-order valence-electron chi connectivity index (χ2n) is 6.00. The maximum atomic E-state index is 13.3. The number of carbonyl (C=O) groups is 2. The van der Waals surface area contributed by atoms with Crippen molar-refractivity contribution in [1.29, 1.82) is 0 Å². The minimum atomic E-state index is -4.83. The van der Waals surface area contributed by atoms with E-state index in [0.29, 0.717) is 0 Å². The Hall–Kier alpha value is -1.62. The highest BCUT2D eigenvalue weighted by Gasteiger charge is 2.80. The Morgan fingerprint density at radius 1 is 1.38 bits per heavy atom. The SMILES string of the molecule is C=CC(=O)OCC(=O)OC1C2CC3C1S(=O)(=O)OC3(C(F)(F)F)C2. The first-order valence-electron chi connectivity index (χ1n) is 7.02. The zero-order valence-electron chi connectivity index (χ0n) is 12.1. The Morgan fingerprint density at radius 3 is 2.62 bits per heavy atom. The van der Waals surface area contributed by atoms with Crippen LogP contribution in [0.3, 0.4) is 0 Å². The first-order chi connectivity index (χ1) is 11.0. The Morgan fingerprint density at radius 2 is 2.04 bits per heavy atom. The van der Waals surface area contributed by atoms with Gasteiger partial charge in [-0.1, -0.05) is 6.58 Å². The van der Waals surface area contributed by atoms with Gasteiger partial charge in [-0.3, -0.25) is 4.18 Å². The number of hydrogen-bond acceptors (Lipinski definition) is 7. The summed E-state index contributed by atoms with van der Waals surface area (Å²) >= 11 is 0. The van der Waals surface area contributed by atoms with Gasteiger partial charge in [-0.25, -0.2) is 9.59 Å². The number of fused-ring (bicyclic) bond motifs is 1. The fourth-order valence-corrected chi connectivity index (χ4v) is 6.07. The van der Waals surface area contributed by atoms with Gasteiger partial charge in [-0.2, -0.15) is 21.6 Å². The molecule has 3 aliphatic rings. The van der Waals surface area contributed by atoms with Gasteiger partial charge in [0.2, 0.25) is 0 Å². The molecule has 2 aliphatic carbocycles. The number of hydrogen-bond donors (Lipinski definition) is 0. The van der Waals surface area contributed by atoms with Crippen molar-refractivity contribution < 1.29 is 44.8 Å². The highest BCUT2D eigenvalue weighted by molar-refractivity contribution is 7.87. The molecule has 3 rings (SSSR count). The van der Waals surface area contributed by atoms with Crippen LogP contribution in [0.15, 0.2) is 12.7 Å². The lowest BCUT2D eigenvalue weighted by molar-refractivity contribution is -0.257. The first-order valence-corrected chi connectivity index (χ1v) is 8.49. The van der Waals surface area contributed by atoms with E-state index in [1.54, 1.807) is 0 Å². The van der Waals surface area contributed by atoms with Crippen LogP contribution in [0.4, 0.5) is 13.2 Å². The molecular weight excluding hydrogens is 357 g/mol. The maximum absolute atomic E-state index is 13.3. The van der Waals surface area contributed by atoms with Gasteiger partial charge >= 0.3 is 18.1 Å². The average molecular weight is 370 g/mol. The van der Waals surface area contributed by atoms with E-state index < -0.39 is 70.1 Å². The molecule has 0 spiro atoms. The van der Waals surface area contributed by atoms with E-state index in [9.17, 15) is 31.2 Å². The molecule has 1 saturated heterocycles. The highest BCUT2D eigenvalue weighted by Crippen LogP contribution is 2.65. The molecule has 0 N–H and O–H groups in total. The van der Waals surface area contributed by atoms with Crippen molar-refractivity contribution in [1.82, 2.24) is 0 Å². The molecule has 1 aliphatic heterocycles. The third kappa shape index (κ3) is 2.32. The predicted molar refractivity (Wildman–Crippen MR) is 69.8 cm³/mol. The summed E-state index contributed by atoms with van der Waals surface area (Å²) in [6.45, 7) is 2.34.